The molecule has 1 N–H and O–H groups in total. The Labute approximate surface area is 181 Å². The Kier molecular flexibility index (Phi) is 5.45. The minimum absolute atomic E-state index is 0.202. The number of benzene rings is 1. The van der Waals surface area contributed by atoms with E-state index < -0.39 is 0 Å². The van der Waals surface area contributed by atoms with E-state index in [2.05, 4.69) is 56.3 Å². The summed E-state index contributed by atoms with van der Waals surface area (Å²) >= 11 is 1.65. The summed E-state index contributed by atoms with van der Waals surface area (Å²) in [6, 6.07) is 12.7. The van der Waals surface area contributed by atoms with Gasteiger partial charge in [0.15, 0.2) is 0 Å². The molecule has 30 heavy (non-hydrogen) atoms. The molecule has 1 unspecified atom stereocenters. The van der Waals surface area contributed by atoms with E-state index in [9.17, 15) is 0 Å². The summed E-state index contributed by atoms with van der Waals surface area (Å²) in [4.78, 5) is 13.7. The van der Waals surface area contributed by atoms with Gasteiger partial charge in [-0.2, -0.15) is 0 Å². The maximum atomic E-state index is 6.26. The molecule has 2 saturated heterocycles. The Morgan fingerprint density at radius 1 is 1.20 bits per heavy atom. The molecule has 1 aromatic carbocycles. The number of aromatic nitrogens is 2. The molecular weight excluding hydrogens is 394 g/mol. The molecule has 5 rings (SSSR count). The van der Waals surface area contributed by atoms with Gasteiger partial charge in [-0.3, -0.25) is 0 Å². The van der Waals surface area contributed by atoms with Crippen LogP contribution in [0.2, 0.25) is 0 Å². The number of rotatable bonds is 7. The highest BCUT2D eigenvalue weighted by Gasteiger charge is 2.32. The second kappa shape index (κ2) is 8.52. The van der Waals surface area contributed by atoms with Gasteiger partial charge in [-0.05, 0) is 43.2 Å². The third-order valence-corrected chi connectivity index (χ3v) is 6.51. The number of fused-ring (bicyclic) bond motifs is 1. The van der Waals surface area contributed by atoms with Crippen LogP contribution >= 0.6 is 11.3 Å². The van der Waals surface area contributed by atoms with Gasteiger partial charge in [0.05, 0.1) is 29.1 Å². The van der Waals surface area contributed by atoms with Crippen LogP contribution in [0.4, 0.5) is 5.82 Å². The highest BCUT2D eigenvalue weighted by Crippen LogP contribution is 2.30. The number of hydrogen-bond acceptors (Lipinski definition) is 7. The largest absolute Gasteiger partial charge is 0.484 e. The molecule has 0 saturated carbocycles. The number of ether oxygens (including phenoxy) is 1. The SMILES string of the molecule is CC/C=C(/NC1CCN(c2ccccn2)C1)N1CC(Oc2cccc3scnc23)C1. The lowest BCUT2D eigenvalue weighted by atomic mass is 10.1. The Morgan fingerprint density at radius 3 is 2.97 bits per heavy atom. The first kappa shape index (κ1) is 19.2. The highest BCUT2D eigenvalue weighted by molar-refractivity contribution is 7.16. The van der Waals surface area contributed by atoms with E-state index in [1.165, 1.54) is 10.5 Å². The van der Waals surface area contributed by atoms with E-state index in [0.717, 1.165) is 56.1 Å². The highest BCUT2D eigenvalue weighted by atomic mass is 32.1. The first-order chi connectivity index (χ1) is 14.8. The summed E-state index contributed by atoms with van der Waals surface area (Å²) in [5, 5.41) is 3.78. The molecule has 7 heteroatoms. The minimum atomic E-state index is 0.202. The van der Waals surface area contributed by atoms with Crippen molar-refractivity contribution in [2.24, 2.45) is 0 Å². The van der Waals surface area contributed by atoms with E-state index >= 15 is 0 Å². The average molecular weight is 422 g/mol. The first-order valence-corrected chi connectivity index (χ1v) is 11.5. The number of hydrogen-bond donors (Lipinski definition) is 1. The summed E-state index contributed by atoms with van der Waals surface area (Å²) in [5.74, 6) is 3.20. The number of allylic oxidation sites excluding steroid dienone is 1. The van der Waals surface area contributed by atoms with Gasteiger partial charge in [0, 0.05) is 25.3 Å². The van der Waals surface area contributed by atoms with Gasteiger partial charge >= 0.3 is 0 Å². The van der Waals surface area contributed by atoms with Crippen molar-refractivity contribution in [3.63, 3.8) is 0 Å². The maximum Gasteiger partial charge on any atom is 0.147 e. The fourth-order valence-corrected chi connectivity index (χ4v) is 4.85. The first-order valence-electron chi connectivity index (χ1n) is 10.7. The van der Waals surface area contributed by atoms with E-state index in [4.69, 9.17) is 4.74 Å². The van der Waals surface area contributed by atoms with Crippen molar-refractivity contribution in [3.05, 3.63) is 60.0 Å². The van der Waals surface area contributed by atoms with Crippen LogP contribution in [0.15, 0.2) is 60.0 Å². The van der Waals surface area contributed by atoms with Gasteiger partial charge in [0.25, 0.3) is 0 Å². The monoisotopic (exact) mass is 421 g/mol. The third-order valence-electron chi connectivity index (χ3n) is 5.72. The summed E-state index contributed by atoms with van der Waals surface area (Å²) in [6.07, 6.45) is 6.50. The zero-order valence-corrected chi connectivity index (χ0v) is 18.0. The van der Waals surface area contributed by atoms with Crippen LogP contribution in [0.5, 0.6) is 5.75 Å². The van der Waals surface area contributed by atoms with Gasteiger partial charge in [0.2, 0.25) is 0 Å². The molecule has 2 aliphatic heterocycles. The minimum Gasteiger partial charge on any atom is -0.484 e. The summed E-state index contributed by atoms with van der Waals surface area (Å²) < 4.78 is 7.43. The van der Waals surface area contributed by atoms with Crippen molar-refractivity contribution in [3.8, 4) is 5.75 Å². The van der Waals surface area contributed by atoms with Gasteiger partial charge in [-0.15, -0.1) is 11.3 Å². The Morgan fingerprint density at radius 2 is 2.13 bits per heavy atom. The van der Waals surface area contributed by atoms with Crippen molar-refractivity contribution in [1.82, 2.24) is 20.2 Å². The molecule has 2 aromatic heterocycles. The van der Waals surface area contributed by atoms with Gasteiger partial charge in [-0.25, -0.2) is 9.97 Å². The third kappa shape index (κ3) is 3.94. The molecule has 156 valence electrons. The number of likely N-dealkylation sites (tertiary alicyclic amines) is 1. The Bertz CT molecular complexity index is 1010. The number of thiazole rings is 1. The second-order valence-corrected chi connectivity index (χ2v) is 8.75. The van der Waals surface area contributed by atoms with Crippen LogP contribution in [-0.4, -0.2) is 53.2 Å². The number of para-hydroxylation sites is 1. The lowest BCUT2D eigenvalue weighted by molar-refractivity contribution is 0.0386. The maximum absolute atomic E-state index is 6.26. The van der Waals surface area contributed by atoms with Crippen LogP contribution in [0.3, 0.4) is 0 Å². The molecule has 1 atom stereocenters. The summed E-state index contributed by atoms with van der Waals surface area (Å²) in [5.41, 5.74) is 2.86. The molecule has 2 fully saturated rings. The lowest BCUT2D eigenvalue weighted by Gasteiger charge is -2.42. The van der Waals surface area contributed by atoms with Crippen LogP contribution < -0.4 is 15.0 Å². The van der Waals surface area contributed by atoms with Crippen molar-refractivity contribution in [2.45, 2.75) is 31.9 Å². The zero-order valence-electron chi connectivity index (χ0n) is 17.2. The van der Waals surface area contributed by atoms with Crippen molar-refractivity contribution < 1.29 is 4.74 Å². The summed E-state index contributed by atoms with van der Waals surface area (Å²) in [7, 11) is 0. The molecule has 2 aliphatic rings. The molecule has 0 spiro atoms. The Hall–Kier alpha value is -2.80. The molecule has 0 bridgehead atoms. The van der Waals surface area contributed by atoms with Crippen LogP contribution in [0.1, 0.15) is 19.8 Å². The van der Waals surface area contributed by atoms with Gasteiger partial charge < -0.3 is 19.9 Å². The standard InChI is InChI=1S/C23H27N5OS/c1-2-6-22(26-17-10-12-27(13-17)21-9-3-4-11-24-21)28-14-18(15-28)29-19-7-5-8-20-23(19)25-16-30-20/h3-9,11,16-18,26H,2,10,12-15H2,1H3/b22-6-. The van der Waals surface area contributed by atoms with Crippen molar-refractivity contribution >= 4 is 27.4 Å². The van der Waals surface area contributed by atoms with Gasteiger partial charge in [-0.1, -0.05) is 19.1 Å². The predicted molar refractivity (Wildman–Crippen MR) is 122 cm³/mol. The summed E-state index contributed by atoms with van der Waals surface area (Å²) in [6.45, 7) is 6.01. The molecular formula is C23H27N5OS. The number of nitrogens with zero attached hydrogens (tertiary/aromatic N) is 4. The zero-order chi connectivity index (χ0) is 20.3. The van der Waals surface area contributed by atoms with E-state index in [0.29, 0.717) is 6.04 Å². The normalized spacial score (nSPS) is 19.9. The number of pyridine rings is 1. The van der Waals surface area contributed by atoms with Crippen LogP contribution in [0, 0.1) is 0 Å². The Balaban J connectivity index is 1.17. The molecule has 4 heterocycles. The average Bonchev–Trinajstić information content (AvgIpc) is 3.41. The van der Waals surface area contributed by atoms with E-state index in [1.54, 1.807) is 11.3 Å². The molecule has 6 nitrogen and oxygen atoms in total. The smallest absolute Gasteiger partial charge is 0.147 e. The lowest BCUT2D eigenvalue weighted by Crippen LogP contribution is -2.56. The number of nitrogens with one attached hydrogen (secondary N) is 1. The number of anilines is 1. The van der Waals surface area contributed by atoms with Crippen LogP contribution in [0.25, 0.3) is 10.2 Å². The van der Waals surface area contributed by atoms with Gasteiger partial charge in [0.1, 0.15) is 23.2 Å². The molecule has 0 amide bonds. The molecule has 0 radical (unpaired) electrons. The predicted octanol–water partition coefficient (Wildman–Crippen LogP) is 3.87. The van der Waals surface area contributed by atoms with Crippen molar-refractivity contribution in [1.29, 1.82) is 0 Å². The van der Waals surface area contributed by atoms with Crippen LogP contribution in [-0.2, 0) is 0 Å². The molecule has 3 aromatic rings. The van der Waals surface area contributed by atoms with Crippen molar-refractivity contribution in [2.75, 3.05) is 31.1 Å². The fraction of sp³-hybridized carbons (Fsp3) is 0.391. The molecule has 0 aliphatic carbocycles. The fourth-order valence-electron chi connectivity index (χ4n) is 4.15. The topological polar surface area (TPSA) is 53.5 Å². The second-order valence-electron chi connectivity index (χ2n) is 7.86. The van der Waals surface area contributed by atoms with E-state index in [1.807, 2.05) is 29.9 Å². The van der Waals surface area contributed by atoms with E-state index in [-0.39, 0.29) is 6.10 Å². The quantitative estimate of drug-likeness (QED) is 0.625.